The molecule has 2 nitrogen and oxygen atoms in total. The van der Waals surface area contributed by atoms with Crippen LogP contribution in [-0.4, -0.2) is 20.1 Å². The van der Waals surface area contributed by atoms with Gasteiger partial charge in [0.15, 0.2) is 7.98 Å². The Kier molecular flexibility index (Phi) is 2.55. The minimum absolute atomic E-state index is 0.481. The highest BCUT2D eigenvalue weighted by atomic mass is 14.8. The molecule has 1 aliphatic rings. The fourth-order valence-electron chi connectivity index (χ4n) is 1.41. The summed E-state index contributed by atoms with van der Waals surface area (Å²) in [6.45, 7) is 0. The van der Waals surface area contributed by atoms with Gasteiger partial charge in [-0.1, -0.05) is 0 Å². The lowest BCUT2D eigenvalue weighted by Gasteiger charge is -2.25. The minimum Gasteiger partial charge on any atom is -0.359 e. The molecule has 3 N–H and O–H groups in total. The Morgan fingerprint density at radius 1 is 1.22 bits per heavy atom. The third-order valence-corrected chi connectivity index (χ3v) is 2.18. The highest BCUT2D eigenvalue weighted by Gasteiger charge is 2.15. The molecule has 3 heteroatoms. The fraction of sp³-hybridized carbons (Fsp3) is 1.00. The maximum atomic E-state index is 5.72. The van der Waals surface area contributed by atoms with Crippen LogP contribution in [0.3, 0.4) is 0 Å². The molecular formula is C6H15BN2. The molecule has 0 heterocycles. The average Bonchev–Trinajstić information content (AvgIpc) is 1.90. The molecule has 9 heavy (non-hydrogen) atoms. The van der Waals surface area contributed by atoms with E-state index in [9.17, 15) is 0 Å². The van der Waals surface area contributed by atoms with E-state index in [2.05, 4.69) is 5.23 Å². The van der Waals surface area contributed by atoms with Crippen LogP contribution in [0.15, 0.2) is 0 Å². The summed E-state index contributed by atoms with van der Waals surface area (Å²) in [6, 6.07) is 1.22. The molecule has 1 saturated carbocycles. The molecule has 0 aromatic heterocycles. The molecule has 52 valence electrons. The zero-order valence-corrected chi connectivity index (χ0v) is 6.06. The minimum atomic E-state index is 0.481. The lowest BCUT2D eigenvalue weighted by atomic mass is 9.91. The lowest BCUT2D eigenvalue weighted by Crippen LogP contribution is -2.35. The van der Waals surface area contributed by atoms with Gasteiger partial charge in [-0.3, -0.25) is 0 Å². The second-order valence-electron chi connectivity index (χ2n) is 2.90. The van der Waals surface area contributed by atoms with Crippen LogP contribution in [0.4, 0.5) is 0 Å². The Morgan fingerprint density at radius 2 is 1.78 bits per heavy atom. The number of hydrogen-bond donors (Lipinski definition) is 2. The molecule has 0 aliphatic heterocycles. The quantitative estimate of drug-likeness (QED) is 0.460. The largest absolute Gasteiger partial charge is 0.359 e. The van der Waals surface area contributed by atoms with Gasteiger partial charge < -0.3 is 11.0 Å². The maximum absolute atomic E-state index is 5.72. The van der Waals surface area contributed by atoms with Gasteiger partial charge in [0.1, 0.15) is 0 Å². The molecule has 0 spiro atoms. The Morgan fingerprint density at radius 3 is 2.22 bits per heavy atom. The second kappa shape index (κ2) is 3.23. The van der Waals surface area contributed by atoms with Crippen LogP contribution in [0.2, 0.25) is 0 Å². The Balaban J connectivity index is 2.18. The summed E-state index contributed by atoms with van der Waals surface area (Å²) in [5.74, 6) is 0. The van der Waals surface area contributed by atoms with Crippen molar-refractivity contribution in [2.24, 2.45) is 5.73 Å². The van der Waals surface area contributed by atoms with Gasteiger partial charge in [-0.15, -0.1) is 0 Å². The molecule has 1 rings (SSSR count). The smallest absolute Gasteiger partial charge is 0.182 e. The summed E-state index contributed by atoms with van der Waals surface area (Å²) >= 11 is 0. The van der Waals surface area contributed by atoms with E-state index < -0.39 is 0 Å². The topological polar surface area (TPSA) is 38.0 Å². The first-order chi connectivity index (χ1) is 4.33. The van der Waals surface area contributed by atoms with E-state index >= 15 is 0 Å². The summed E-state index contributed by atoms with van der Waals surface area (Å²) in [5, 5.41) is 3.27. The van der Waals surface area contributed by atoms with E-state index in [0.29, 0.717) is 6.04 Å². The number of rotatable bonds is 1. The van der Waals surface area contributed by atoms with E-state index in [4.69, 9.17) is 5.73 Å². The van der Waals surface area contributed by atoms with E-state index in [1.165, 1.54) is 25.7 Å². The van der Waals surface area contributed by atoms with Crippen LogP contribution in [0, 0.1) is 0 Å². The van der Waals surface area contributed by atoms with Crippen LogP contribution in [0.5, 0.6) is 0 Å². The lowest BCUT2D eigenvalue weighted by molar-refractivity contribution is 0.378. The maximum Gasteiger partial charge on any atom is 0.182 e. The average molecular weight is 126 g/mol. The molecule has 0 amide bonds. The van der Waals surface area contributed by atoms with Gasteiger partial charge in [-0.25, -0.2) is 0 Å². The monoisotopic (exact) mass is 126 g/mol. The highest BCUT2D eigenvalue weighted by molar-refractivity contribution is 6.04. The van der Waals surface area contributed by atoms with Crippen molar-refractivity contribution in [3.8, 4) is 0 Å². The number of nitrogens with two attached hydrogens (primary N) is 1. The third-order valence-electron chi connectivity index (χ3n) is 2.18. The molecule has 0 atom stereocenters. The van der Waals surface area contributed by atoms with Gasteiger partial charge in [0.25, 0.3) is 0 Å². The van der Waals surface area contributed by atoms with Crippen molar-refractivity contribution < 1.29 is 0 Å². The van der Waals surface area contributed by atoms with Crippen molar-refractivity contribution in [3.63, 3.8) is 0 Å². The molecule has 0 aromatic carbocycles. The van der Waals surface area contributed by atoms with E-state index in [-0.39, 0.29) is 0 Å². The number of nitrogens with one attached hydrogen (secondary N) is 1. The van der Waals surface area contributed by atoms with Crippen molar-refractivity contribution in [2.75, 3.05) is 0 Å². The molecule has 0 radical (unpaired) electrons. The van der Waals surface area contributed by atoms with Crippen LogP contribution >= 0.6 is 0 Å². The summed E-state index contributed by atoms with van der Waals surface area (Å²) in [7, 11) is 2.03. The number of hydrogen-bond acceptors (Lipinski definition) is 2. The fourth-order valence-corrected chi connectivity index (χ4v) is 1.41. The summed E-state index contributed by atoms with van der Waals surface area (Å²) < 4.78 is 0. The van der Waals surface area contributed by atoms with Crippen molar-refractivity contribution in [2.45, 2.75) is 37.8 Å². The summed E-state index contributed by atoms with van der Waals surface area (Å²) in [5.41, 5.74) is 5.72. The van der Waals surface area contributed by atoms with Crippen LogP contribution in [0.25, 0.3) is 0 Å². The molecule has 0 saturated heterocycles. The Bertz CT molecular complexity index is 79.1. The van der Waals surface area contributed by atoms with Crippen molar-refractivity contribution in [1.82, 2.24) is 5.23 Å². The first-order valence-electron chi connectivity index (χ1n) is 3.76. The van der Waals surface area contributed by atoms with Gasteiger partial charge in [-0.2, -0.15) is 0 Å². The molecule has 1 fully saturated rings. The normalized spacial score (nSPS) is 36.6. The van der Waals surface area contributed by atoms with Crippen molar-refractivity contribution in [1.29, 1.82) is 0 Å². The molecular weight excluding hydrogens is 111 g/mol. The van der Waals surface area contributed by atoms with Gasteiger partial charge in [0.05, 0.1) is 0 Å². The van der Waals surface area contributed by atoms with Crippen LogP contribution < -0.4 is 11.0 Å². The highest BCUT2D eigenvalue weighted by Crippen LogP contribution is 2.15. The standard InChI is InChI=1S/C6H15BN2/c7-9-6-3-1-5(8)2-4-6/h5-6,9H,1-4,7-8H2/t5-,6-. The van der Waals surface area contributed by atoms with Gasteiger partial charge >= 0.3 is 0 Å². The van der Waals surface area contributed by atoms with Gasteiger partial charge in [0.2, 0.25) is 0 Å². The molecule has 1 aliphatic carbocycles. The summed E-state index contributed by atoms with van der Waals surface area (Å²) in [6.07, 6.45) is 4.92. The van der Waals surface area contributed by atoms with Crippen molar-refractivity contribution >= 4 is 7.98 Å². The SMILES string of the molecule is BN[C@H]1CC[C@H](N)CC1. The van der Waals surface area contributed by atoms with E-state index in [0.717, 1.165) is 6.04 Å². The van der Waals surface area contributed by atoms with Gasteiger partial charge in [-0.05, 0) is 31.7 Å². The zero-order chi connectivity index (χ0) is 6.69. The predicted molar refractivity (Wildman–Crippen MR) is 41.9 cm³/mol. The Hall–Kier alpha value is -0.0151. The van der Waals surface area contributed by atoms with Crippen molar-refractivity contribution in [3.05, 3.63) is 0 Å². The first-order valence-corrected chi connectivity index (χ1v) is 3.76. The van der Waals surface area contributed by atoms with Gasteiger partial charge in [0, 0.05) is 6.04 Å². The third kappa shape index (κ3) is 1.99. The van der Waals surface area contributed by atoms with E-state index in [1.807, 2.05) is 7.98 Å². The first kappa shape index (κ1) is 7.10. The van der Waals surface area contributed by atoms with Crippen LogP contribution in [-0.2, 0) is 0 Å². The molecule has 0 aromatic rings. The van der Waals surface area contributed by atoms with E-state index in [1.54, 1.807) is 0 Å². The zero-order valence-electron chi connectivity index (χ0n) is 6.06. The van der Waals surface area contributed by atoms with Crippen LogP contribution in [0.1, 0.15) is 25.7 Å². The molecule has 0 bridgehead atoms. The molecule has 0 unspecified atom stereocenters. The predicted octanol–water partition coefficient (Wildman–Crippen LogP) is -0.606. The summed E-state index contributed by atoms with van der Waals surface area (Å²) in [4.78, 5) is 0. The second-order valence-corrected chi connectivity index (χ2v) is 2.90. The Labute approximate surface area is 57.6 Å².